The van der Waals surface area contributed by atoms with E-state index in [-0.39, 0.29) is 24.3 Å². The summed E-state index contributed by atoms with van der Waals surface area (Å²) in [5, 5.41) is 17.1. The second-order valence-electron chi connectivity index (χ2n) is 6.16. The number of carbonyl (C=O) groups excluding carboxylic acids is 2. The number of pyridine rings is 1. The summed E-state index contributed by atoms with van der Waals surface area (Å²) in [5.74, 6) is -1.08. The van der Waals surface area contributed by atoms with Gasteiger partial charge in [-0.1, -0.05) is 24.8 Å². The van der Waals surface area contributed by atoms with Gasteiger partial charge in [0.2, 0.25) is 0 Å². The number of esters is 1. The van der Waals surface area contributed by atoms with E-state index in [1.54, 1.807) is 18.5 Å². The van der Waals surface area contributed by atoms with Gasteiger partial charge in [0.15, 0.2) is 0 Å². The second kappa shape index (κ2) is 8.18. The largest absolute Gasteiger partial charge is 0.460 e. The van der Waals surface area contributed by atoms with Crippen LogP contribution in [0.25, 0.3) is 16.8 Å². The van der Waals surface area contributed by atoms with Gasteiger partial charge in [0.1, 0.15) is 18.2 Å². The van der Waals surface area contributed by atoms with Crippen molar-refractivity contribution in [1.29, 1.82) is 5.26 Å². The first-order valence-corrected chi connectivity index (χ1v) is 8.58. The number of carbonyl (C=O) groups is 2. The minimum absolute atomic E-state index is 0.00607. The van der Waals surface area contributed by atoms with Crippen LogP contribution in [0.4, 0.5) is 5.69 Å². The molecule has 2 aromatic rings. The Labute approximate surface area is 162 Å². The molecule has 2 N–H and O–H groups in total. The summed E-state index contributed by atoms with van der Waals surface area (Å²) in [6.07, 6.45) is 6.97. The van der Waals surface area contributed by atoms with Gasteiger partial charge in [0.05, 0.1) is 17.9 Å². The lowest BCUT2D eigenvalue weighted by Gasteiger charge is -2.19. The minimum Gasteiger partial charge on any atom is -0.460 e. The van der Waals surface area contributed by atoms with Crippen LogP contribution in [0.5, 0.6) is 0 Å². The average molecular weight is 374 g/mol. The number of hydrogen-bond acceptors (Lipinski definition) is 6. The highest BCUT2D eigenvalue weighted by atomic mass is 16.5. The smallest absolute Gasteiger partial charge is 0.333 e. The van der Waals surface area contributed by atoms with Gasteiger partial charge >= 0.3 is 5.97 Å². The van der Waals surface area contributed by atoms with Gasteiger partial charge in [-0.25, -0.2) is 4.79 Å². The molecule has 7 heteroatoms. The standard InChI is InChI=1S/C21H18N4O3/c1-13(2)21(27)28-10-9-24-20(26)16(11-22)18-6-5-15-4-3-14-7-8-23-12-17(14)19(15)25-18/h3-8,12,25H,1,9-10H2,2H3,(H,24,26). The third kappa shape index (κ3) is 3.91. The summed E-state index contributed by atoms with van der Waals surface area (Å²) in [6.45, 7) is 5.10. The van der Waals surface area contributed by atoms with Crippen LogP contribution in [0.1, 0.15) is 12.5 Å². The fourth-order valence-electron chi connectivity index (χ4n) is 2.70. The highest BCUT2D eigenvalue weighted by Crippen LogP contribution is 2.32. The van der Waals surface area contributed by atoms with Crippen LogP contribution in [0.3, 0.4) is 0 Å². The molecule has 0 radical (unpaired) electrons. The van der Waals surface area contributed by atoms with Crippen LogP contribution in [-0.4, -0.2) is 30.0 Å². The summed E-state index contributed by atoms with van der Waals surface area (Å²) >= 11 is 0. The number of allylic oxidation sites excluding steroid dienone is 1. The molecular formula is C21H18N4O3. The molecule has 0 saturated heterocycles. The van der Waals surface area contributed by atoms with E-state index >= 15 is 0 Å². The lowest BCUT2D eigenvalue weighted by atomic mass is 10.0. The van der Waals surface area contributed by atoms with Crippen LogP contribution >= 0.6 is 0 Å². The van der Waals surface area contributed by atoms with E-state index in [1.807, 2.05) is 30.3 Å². The second-order valence-corrected chi connectivity index (χ2v) is 6.16. The van der Waals surface area contributed by atoms with Crippen molar-refractivity contribution < 1.29 is 14.3 Å². The zero-order valence-electron chi connectivity index (χ0n) is 15.3. The Balaban J connectivity index is 1.76. The van der Waals surface area contributed by atoms with Gasteiger partial charge < -0.3 is 15.4 Å². The molecule has 0 saturated carbocycles. The van der Waals surface area contributed by atoms with E-state index in [0.717, 1.165) is 22.0 Å². The lowest BCUT2D eigenvalue weighted by molar-refractivity contribution is -0.139. The number of anilines is 1. The lowest BCUT2D eigenvalue weighted by Crippen LogP contribution is -2.30. The van der Waals surface area contributed by atoms with E-state index < -0.39 is 11.9 Å². The van der Waals surface area contributed by atoms with Gasteiger partial charge in [-0.3, -0.25) is 9.78 Å². The highest BCUT2D eigenvalue weighted by molar-refractivity contribution is 6.03. The summed E-state index contributed by atoms with van der Waals surface area (Å²) in [4.78, 5) is 27.9. The molecule has 1 aromatic carbocycles. The Bertz CT molecular complexity index is 1080. The van der Waals surface area contributed by atoms with Crippen molar-refractivity contribution in [2.24, 2.45) is 0 Å². The summed E-state index contributed by atoms with van der Waals surface area (Å²) in [7, 11) is 0. The molecule has 0 unspecified atom stereocenters. The number of amides is 1. The molecule has 0 atom stereocenters. The van der Waals surface area contributed by atoms with Crippen molar-refractivity contribution in [3.8, 4) is 6.07 Å². The zero-order valence-corrected chi connectivity index (χ0v) is 15.3. The van der Waals surface area contributed by atoms with Crippen molar-refractivity contribution in [2.75, 3.05) is 18.5 Å². The molecule has 140 valence electrons. The summed E-state index contributed by atoms with van der Waals surface area (Å²) < 4.78 is 4.92. The molecule has 2 heterocycles. The maximum absolute atomic E-state index is 12.4. The third-order valence-corrected chi connectivity index (χ3v) is 4.12. The topological polar surface area (TPSA) is 104 Å². The van der Waals surface area contributed by atoms with Gasteiger partial charge in [-0.05, 0) is 30.0 Å². The van der Waals surface area contributed by atoms with Crippen molar-refractivity contribution in [3.05, 3.63) is 65.7 Å². The van der Waals surface area contributed by atoms with E-state index in [0.29, 0.717) is 5.70 Å². The first kappa shape index (κ1) is 18.9. The molecule has 1 aliphatic heterocycles. The van der Waals surface area contributed by atoms with Crippen LogP contribution in [0, 0.1) is 11.3 Å². The fourth-order valence-corrected chi connectivity index (χ4v) is 2.70. The molecule has 28 heavy (non-hydrogen) atoms. The molecule has 7 nitrogen and oxygen atoms in total. The SMILES string of the molecule is C=C(C)C(=O)OCCNC(=O)C(C#N)=C1C=Cc2ccc3ccncc3c2N1. The predicted molar refractivity (Wildman–Crippen MR) is 106 cm³/mol. The molecule has 1 aliphatic rings. The summed E-state index contributed by atoms with van der Waals surface area (Å²) in [6, 6.07) is 7.77. The quantitative estimate of drug-likeness (QED) is 0.361. The Morgan fingerprint density at radius 2 is 2.14 bits per heavy atom. The maximum Gasteiger partial charge on any atom is 0.333 e. The number of rotatable bonds is 5. The van der Waals surface area contributed by atoms with Gasteiger partial charge in [-0.2, -0.15) is 5.26 Å². The first-order chi connectivity index (χ1) is 13.5. The number of ether oxygens (including phenoxy) is 1. The number of hydrogen-bond donors (Lipinski definition) is 2. The average Bonchev–Trinajstić information content (AvgIpc) is 2.71. The zero-order chi connectivity index (χ0) is 20.1. The Hall–Kier alpha value is -3.92. The Morgan fingerprint density at radius 3 is 2.89 bits per heavy atom. The molecule has 0 fully saturated rings. The van der Waals surface area contributed by atoms with E-state index in [1.165, 1.54) is 6.92 Å². The molecule has 1 amide bonds. The number of nitriles is 1. The van der Waals surface area contributed by atoms with Crippen LogP contribution < -0.4 is 10.6 Å². The molecule has 3 rings (SSSR count). The van der Waals surface area contributed by atoms with Crippen LogP contribution in [0.15, 0.2) is 60.1 Å². The van der Waals surface area contributed by atoms with E-state index in [9.17, 15) is 14.9 Å². The molecule has 0 aliphatic carbocycles. The van der Waals surface area contributed by atoms with E-state index in [4.69, 9.17) is 4.74 Å². The van der Waals surface area contributed by atoms with Gasteiger partial charge in [-0.15, -0.1) is 0 Å². The summed E-state index contributed by atoms with van der Waals surface area (Å²) in [5.41, 5.74) is 2.34. The molecule has 0 spiro atoms. The highest BCUT2D eigenvalue weighted by Gasteiger charge is 2.18. The van der Waals surface area contributed by atoms with Gasteiger partial charge in [0.25, 0.3) is 5.91 Å². The number of nitrogens with zero attached hydrogens (tertiary/aromatic N) is 2. The van der Waals surface area contributed by atoms with E-state index in [2.05, 4.69) is 22.2 Å². The van der Waals surface area contributed by atoms with Gasteiger partial charge in [0, 0.05) is 23.4 Å². The van der Waals surface area contributed by atoms with Crippen molar-refractivity contribution in [3.63, 3.8) is 0 Å². The van der Waals surface area contributed by atoms with Crippen molar-refractivity contribution in [1.82, 2.24) is 10.3 Å². The predicted octanol–water partition coefficient (Wildman–Crippen LogP) is 2.69. The normalized spacial score (nSPS) is 13.7. The molecule has 1 aromatic heterocycles. The third-order valence-electron chi connectivity index (χ3n) is 4.12. The van der Waals surface area contributed by atoms with Crippen molar-refractivity contribution in [2.45, 2.75) is 6.92 Å². The number of nitrogens with one attached hydrogen (secondary N) is 2. The van der Waals surface area contributed by atoms with Crippen LogP contribution in [0.2, 0.25) is 0 Å². The maximum atomic E-state index is 12.4. The number of benzene rings is 1. The molecular weight excluding hydrogens is 356 g/mol. The van der Waals surface area contributed by atoms with Crippen LogP contribution in [-0.2, 0) is 14.3 Å². The monoisotopic (exact) mass is 374 g/mol. The number of fused-ring (bicyclic) bond motifs is 3. The Morgan fingerprint density at radius 1 is 1.32 bits per heavy atom. The number of aromatic nitrogens is 1. The fraction of sp³-hybridized carbons (Fsp3) is 0.143. The van der Waals surface area contributed by atoms with Crippen molar-refractivity contribution >= 4 is 34.4 Å². The Kier molecular flexibility index (Phi) is 5.51. The molecule has 0 bridgehead atoms. The minimum atomic E-state index is -0.553. The first-order valence-electron chi connectivity index (χ1n) is 8.58.